The summed E-state index contributed by atoms with van der Waals surface area (Å²) in [7, 11) is -0.384. The van der Waals surface area contributed by atoms with E-state index in [4.69, 9.17) is 0 Å². The van der Waals surface area contributed by atoms with Crippen LogP contribution in [0.4, 0.5) is 0 Å². The zero-order valence-corrected chi connectivity index (χ0v) is 13.9. The van der Waals surface area contributed by atoms with Gasteiger partial charge in [-0.15, -0.1) is 0 Å². The molecule has 0 atom stereocenters. The Morgan fingerprint density at radius 1 is 1.39 bits per heavy atom. The zero-order valence-electron chi connectivity index (χ0n) is 13.1. The van der Waals surface area contributed by atoms with Gasteiger partial charge in [0.2, 0.25) is 0 Å². The monoisotopic (exact) mass is 337 g/mol. The number of carbonyl (C=O) groups excluding carboxylic acids is 2. The predicted molar refractivity (Wildman–Crippen MR) is 83.7 cm³/mol. The van der Waals surface area contributed by atoms with E-state index < -0.39 is 15.9 Å². The van der Waals surface area contributed by atoms with Crippen LogP contribution in [-0.2, 0) is 10.0 Å². The Labute approximate surface area is 135 Å². The van der Waals surface area contributed by atoms with E-state index in [0.717, 1.165) is 4.31 Å². The van der Waals surface area contributed by atoms with Gasteiger partial charge in [-0.1, -0.05) is 0 Å². The fourth-order valence-corrected chi connectivity index (χ4v) is 4.49. The molecule has 1 aromatic carbocycles. The van der Waals surface area contributed by atoms with Crippen LogP contribution in [0.3, 0.4) is 0 Å². The second kappa shape index (κ2) is 5.61. The molecule has 23 heavy (non-hydrogen) atoms. The summed E-state index contributed by atoms with van der Waals surface area (Å²) in [5, 5.41) is 2.95. The largest absolute Gasteiger partial charge is 0.340 e. The third-order valence-corrected chi connectivity index (χ3v) is 5.99. The molecule has 1 saturated carbocycles. The summed E-state index contributed by atoms with van der Waals surface area (Å²) in [5.74, 6) is -0.749. The Bertz CT molecular complexity index is 771. The lowest BCUT2D eigenvalue weighted by Gasteiger charge is -2.17. The maximum atomic E-state index is 12.6. The van der Waals surface area contributed by atoms with Gasteiger partial charge in [0, 0.05) is 31.7 Å². The number of fused-ring (bicyclic) bond motifs is 1. The minimum absolute atomic E-state index is 0.0535. The van der Waals surface area contributed by atoms with Crippen LogP contribution in [0, 0.1) is 0 Å². The van der Waals surface area contributed by atoms with Crippen molar-refractivity contribution >= 4 is 21.8 Å². The third kappa shape index (κ3) is 2.61. The number of hydrogen-bond acceptors (Lipinski definition) is 5. The Morgan fingerprint density at radius 2 is 2.09 bits per heavy atom. The quantitative estimate of drug-likeness (QED) is 0.834. The van der Waals surface area contributed by atoms with Crippen LogP contribution in [0.1, 0.15) is 33.6 Å². The van der Waals surface area contributed by atoms with Crippen molar-refractivity contribution < 1.29 is 18.0 Å². The van der Waals surface area contributed by atoms with Gasteiger partial charge in [0.05, 0.1) is 5.56 Å². The highest BCUT2D eigenvalue weighted by Gasteiger charge is 2.48. The fraction of sp³-hybridized carbons (Fsp3) is 0.467. The third-order valence-electron chi connectivity index (χ3n) is 4.12. The fourth-order valence-electron chi connectivity index (χ4n) is 2.65. The van der Waals surface area contributed by atoms with E-state index in [1.165, 1.54) is 23.1 Å². The molecule has 0 aromatic heterocycles. The summed E-state index contributed by atoms with van der Waals surface area (Å²) in [5.41, 5.74) is 0.433. The van der Waals surface area contributed by atoms with E-state index in [1.54, 1.807) is 14.1 Å². The Hall–Kier alpha value is -1.93. The van der Waals surface area contributed by atoms with Crippen molar-refractivity contribution in [2.75, 3.05) is 27.2 Å². The number of amides is 2. The molecule has 124 valence electrons. The lowest BCUT2D eigenvalue weighted by molar-refractivity contribution is 0.0794. The molecule has 1 N–H and O–H groups in total. The number of benzene rings is 1. The van der Waals surface area contributed by atoms with Gasteiger partial charge in [-0.25, -0.2) is 12.7 Å². The van der Waals surface area contributed by atoms with Crippen LogP contribution in [0.2, 0.25) is 0 Å². The average molecular weight is 337 g/mol. The van der Waals surface area contributed by atoms with E-state index in [2.05, 4.69) is 5.32 Å². The number of hydrogen-bond donors (Lipinski definition) is 1. The van der Waals surface area contributed by atoms with Gasteiger partial charge in [0.25, 0.3) is 21.8 Å². The molecule has 0 unspecified atom stereocenters. The van der Waals surface area contributed by atoms with Crippen molar-refractivity contribution in [1.82, 2.24) is 14.5 Å². The molecule has 1 fully saturated rings. The lowest BCUT2D eigenvalue weighted by Crippen LogP contribution is -2.33. The Balaban J connectivity index is 1.93. The summed E-state index contributed by atoms with van der Waals surface area (Å²) in [6.07, 6.45) is 1.41. The van der Waals surface area contributed by atoms with Crippen LogP contribution in [0.5, 0.6) is 0 Å². The molecule has 1 aliphatic carbocycles. The molecule has 1 aromatic rings. The van der Waals surface area contributed by atoms with E-state index in [-0.39, 0.29) is 28.0 Å². The molecule has 2 aliphatic rings. The number of nitrogens with one attached hydrogen (secondary N) is 1. The standard InChI is InChI=1S/C15H19N3O4S/c1-16-7-8-17(2)14(19)10-3-6-12-13(9-10)23(21,22)18(15(12)20)11-4-5-11/h3,6,9,11,16H,4-5,7-8H2,1-2H3. The highest BCUT2D eigenvalue weighted by atomic mass is 32.2. The number of rotatable bonds is 5. The van der Waals surface area contributed by atoms with Crippen molar-refractivity contribution in [3.05, 3.63) is 29.3 Å². The molecular weight excluding hydrogens is 318 g/mol. The maximum Gasteiger partial charge on any atom is 0.269 e. The van der Waals surface area contributed by atoms with Gasteiger partial charge < -0.3 is 10.2 Å². The molecule has 0 spiro atoms. The Kier molecular flexibility index (Phi) is 3.89. The van der Waals surface area contributed by atoms with E-state index in [0.29, 0.717) is 25.9 Å². The van der Waals surface area contributed by atoms with Gasteiger partial charge >= 0.3 is 0 Å². The first-order valence-corrected chi connectivity index (χ1v) is 8.95. The lowest BCUT2D eigenvalue weighted by atomic mass is 10.1. The van der Waals surface area contributed by atoms with Crippen molar-refractivity contribution in [2.24, 2.45) is 0 Å². The van der Waals surface area contributed by atoms with Crippen LogP contribution in [0.25, 0.3) is 0 Å². The topological polar surface area (TPSA) is 86.8 Å². The molecule has 2 amide bonds. The van der Waals surface area contributed by atoms with Gasteiger partial charge in [-0.05, 0) is 38.1 Å². The minimum Gasteiger partial charge on any atom is -0.340 e. The predicted octanol–water partition coefficient (Wildman–Crippen LogP) is 0.285. The number of nitrogens with zero attached hydrogens (tertiary/aromatic N) is 2. The molecular formula is C15H19N3O4S. The molecule has 3 rings (SSSR count). The zero-order chi connectivity index (χ0) is 16.8. The summed E-state index contributed by atoms with van der Waals surface area (Å²) < 4.78 is 26.1. The van der Waals surface area contributed by atoms with Crippen molar-refractivity contribution in [1.29, 1.82) is 0 Å². The summed E-state index contributed by atoms with van der Waals surface area (Å²) in [4.78, 5) is 26.1. The summed E-state index contributed by atoms with van der Waals surface area (Å²) in [6.45, 7) is 1.14. The molecule has 0 radical (unpaired) electrons. The van der Waals surface area contributed by atoms with Crippen molar-refractivity contribution in [3.63, 3.8) is 0 Å². The van der Waals surface area contributed by atoms with Crippen molar-refractivity contribution in [2.45, 2.75) is 23.8 Å². The second-order valence-corrected chi connectivity index (χ2v) is 7.66. The highest BCUT2D eigenvalue weighted by molar-refractivity contribution is 7.90. The molecule has 1 heterocycles. The summed E-state index contributed by atoms with van der Waals surface area (Å²) >= 11 is 0. The normalized spacial score (nSPS) is 18.9. The SMILES string of the molecule is CNCCN(C)C(=O)c1ccc2c(c1)S(=O)(=O)N(C1CC1)C2=O. The first-order chi connectivity index (χ1) is 10.9. The smallest absolute Gasteiger partial charge is 0.269 e. The highest BCUT2D eigenvalue weighted by Crippen LogP contribution is 2.39. The van der Waals surface area contributed by atoms with E-state index in [1.807, 2.05) is 0 Å². The molecule has 7 nitrogen and oxygen atoms in total. The van der Waals surface area contributed by atoms with Crippen LogP contribution in [0.15, 0.2) is 23.1 Å². The first-order valence-electron chi connectivity index (χ1n) is 7.51. The number of likely N-dealkylation sites (N-methyl/N-ethyl adjacent to an activating group) is 2. The van der Waals surface area contributed by atoms with E-state index >= 15 is 0 Å². The molecule has 0 bridgehead atoms. The van der Waals surface area contributed by atoms with Gasteiger partial charge in [0.15, 0.2) is 0 Å². The number of carbonyl (C=O) groups is 2. The molecule has 0 saturated heterocycles. The molecule has 1 aliphatic heterocycles. The van der Waals surface area contributed by atoms with Crippen LogP contribution >= 0.6 is 0 Å². The summed E-state index contributed by atoms with van der Waals surface area (Å²) in [6, 6.07) is 4.05. The van der Waals surface area contributed by atoms with Gasteiger partial charge in [-0.3, -0.25) is 9.59 Å². The van der Waals surface area contributed by atoms with Gasteiger partial charge in [0.1, 0.15) is 4.90 Å². The first kappa shape index (κ1) is 15.9. The van der Waals surface area contributed by atoms with Crippen LogP contribution in [-0.4, -0.2) is 62.7 Å². The Morgan fingerprint density at radius 3 is 2.70 bits per heavy atom. The van der Waals surface area contributed by atoms with Crippen LogP contribution < -0.4 is 5.32 Å². The van der Waals surface area contributed by atoms with Crippen molar-refractivity contribution in [3.8, 4) is 0 Å². The van der Waals surface area contributed by atoms with Gasteiger partial charge in [-0.2, -0.15) is 0 Å². The number of sulfonamides is 1. The molecule has 8 heteroatoms. The maximum absolute atomic E-state index is 12.6. The van der Waals surface area contributed by atoms with E-state index in [9.17, 15) is 18.0 Å². The average Bonchev–Trinajstić information content (AvgIpc) is 3.32. The second-order valence-electron chi connectivity index (χ2n) is 5.88. The minimum atomic E-state index is -3.83.